The topological polar surface area (TPSA) is 65.5 Å². The van der Waals surface area contributed by atoms with E-state index in [1.54, 1.807) is 30.3 Å². The third-order valence-electron chi connectivity index (χ3n) is 3.08. The minimum atomic E-state index is -0.0748. The molecule has 3 aromatic rings. The van der Waals surface area contributed by atoms with Crippen LogP contribution in [0.15, 0.2) is 59.2 Å². The van der Waals surface area contributed by atoms with Gasteiger partial charge in [0, 0.05) is 10.9 Å². The first-order valence-electron chi connectivity index (χ1n) is 6.23. The quantitative estimate of drug-likeness (QED) is 0.583. The minimum Gasteiger partial charge on any atom is -0.479 e. The van der Waals surface area contributed by atoms with Crippen LogP contribution < -0.4 is 10.5 Å². The van der Waals surface area contributed by atoms with Crippen LogP contribution in [-0.2, 0) is 0 Å². The van der Waals surface area contributed by atoms with Gasteiger partial charge in [0.2, 0.25) is 0 Å². The van der Waals surface area contributed by atoms with Crippen molar-refractivity contribution in [1.29, 1.82) is 0 Å². The van der Waals surface area contributed by atoms with Crippen LogP contribution >= 0.6 is 0 Å². The molecule has 0 unspecified atom stereocenters. The first-order valence-corrected chi connectivity index (χ1v) is 6.23. The molecule has 1 heterocycles. The molecule has 4 nitrogen and oxygen atoms in total. The molecule has 0 aliphatic heterocycles. The van der Waals surface area contributed by atoms with E-state index in [9.17, 15) is 4.79 Å². The average Bonchev–Trinajstić information content (AvgIpc) is 2.91. The second kappa shape index (κ2) is 5.19. The van der Waals surface area contributed by atoms with Gasteiger partial charge >= 0.3 is 0 Å². The van der Waals surface area contributed by atoms with Crippen molar-refractivity contribution in [1.82, 2.24) is 0 Å². The number of ether oxygens (including phenoxy) is 1. The van der Waals surface area contributed by atoms with E-state index in [0.717, 1.165) is 5.39 Å². The number of furan rings is 1. The highest BCUT2D eigenvalue weighted by atomic mass is 16.5. The highest BCUT2D eigenvalue weighted by Crippen LogP contribution is 2.27. The molecule has 100 valence electrons. The third kappa shape index (κ3) is 2.17. The van der Waals surface area contributed by atoms with Gasteiger partial charge in [-0.05, 0) is 18.2 Å². The van der Waals surface area contributed by atoms with Crippen molar-refractivity contribution in [2.24, 2.45) is 5.73 Å². The molecule has 0 aliphatic carbocycles. The summed E-state index contributed by atoms with van der Waals surface area (Å²) >= 11 is 0. The minimum absolute atomic E-state index is 0.0748. The third-order valence-corrected chi connectivity index (χ3v) is 3.08. The Labute approximate surface area is 115 Å². The molecule has 0 bridgehead atoms. The summed E-state index contributed by atoms with van der Waals surface area (Å²) in [4.78, 5) is 12.5. The first-order chi connectivity index (χ1) is 9.79. The summed E-state index contributed by atoms with van der Waals surface area (Å²) in [5.74, 6) is 0.540. The lowest BCUT2D eigenvalue weighted by atomic mass is 10.0. The van der Waals surface area contributed by atoms with E-state index in [-0.39, 0.29) is 12.5 Å². The van der Waals surface area contributed by atoms with Gasteiger partial charge in [-0.15, -0.1) is 0 Å². The number of hydrogen-bond acceptors (Lipinski definition) is 4. The Hall–Kier alpha value is -2.59. The maximum Gasteiger partial charge on any atom is 0.196 e. The molecule has 2 aromatic carbocycles. The molecule has 0 amide bonds. The maximum atomic E-state index is 12.5. The fourth-order valence-corrected chi connectivity index (χ4v) is 2.12. The van der Waals surface area contributed by atoms with Crippen molar-refractivity contribution in [2.45, 2.75) is 0 Å². The standard InChI is InChI=1S/C16H13NO3/c17-10-20-12-6-7-15-13(8-12)14(9-19-15)16(18)11-4-2-1-3-5-11/h1-9H,10,17H2. The molecular formula is C16H13NO3. The van der Waals surface area contributed by atoms with Crippen LogP contribution in [-0.4, -0.2) is 12.5 Å². The number of carbonyl (C=O) groups excluding carboxylic acids is 1. The Kier molecular flexibility index (Phi) is 3.23. The van der Waals surface area contributed by atoms with E-state index in [4.69, 9.17) is 14.9 Å². The molecule has 0 radical (unpaired) electrons. The molecule has 0 fully saturated rings. The molecule has 3 rings (SSSR count). The predicted octanol–water partition coefficient (Wildman–Crippen LogP) is 2.96. The van der Waals surface area contributed by atoms with Gasteiger partial charge in [0.05, 0.1) is 5.56 Å². The number of ketones is 1. The van der Waals surface area contributed by atoms with Crippen molar-refractivity contribution in [3.8, 4) is 5.75 Å². The van der Waals surface area contributed by atoms with E-state index >= 15 is 0 Å². The smallest absolute Gasteiger partial charge is 0.196 e. The first kappa shape index (κ1) is 12.4. The van der Waals surface area contributed by atoms with E-state index < -0.39 is 0 Å². The van der Waals surface area contributed by atoms with E-state index in [0.29, 0.717) is 22.5 Å². The fourth-order valence-electron chi connectivity index (χ4n) is 2.12. The molecule has 0 saturated carbocycles. The molecule has 0 atom stereocenters. The summed E-state index contributed by atoms with van der Waals surface area (Å²) in [5.41, 5.74) is 7.15. The van der Waals surface area contributed by atoms with E-state index in [2.05, 4.69) is 0 Å². The number of carbonyl (C=O) groups is 1. The van der Waals surface area contributed by atoms with Gasteiger partial charge in [-0.25, -0.2) is 0 Å². The summed E-state index contributed by atoms with van der Waals surface area (Å²) in [6, 6.07) is 14.4. The van der Waals surface area contributed by atoms with Gasteiger partial charge in [0.1, 0.15) is 24.3 Å². The number of fused-ring (bicyclic) bond motifs is 1. The summed E-state index contributed by atoms with van der Waals surface area (Å²) in [7, 11) is 0. The molecule has 2 N–H and O–H groups in total. The van der Waals surface area contributed by atoms with Crippen LogP contribution in [0.3, 0.4) is 0 Å². The number of nitrogens with two attached hydrogens (primary N) is 1. The Bertz CT molecular complexity index is 747. The Morgan fingerprint density at radius 2 is 1.95 bits per heavy atom. The van der Waals surface area contributed by atoms with Gasteiger partial charge in [-0.2, -0.15) is 0 Å². The molecule has 0 saturated heterocycles. The van der Waals surface area contributed by atoms with Crippen LogP contribution in [0, 0.1) is 0 Å². The van der Waals surface area contributed by atoms with Gasteiger partial charge in [0.25, 0.3) is 0 Å². The number of benzene rings is 2. The molecule has 0 spiro atoms. The summed E-state index contributed by atoms with van der Waals surface area (Å²) in [6.07, 6.45) is 1.48. The van der Waals surface area contributed by atoms with Crippen LogP contribution in [0.25, 0.3) is 11.0 Å². The Balaban J connectivity index is 2.07. The second-order valence-corrected chi connectivity index (χ2v) is 4.31. The molecular weight excluding hydrogens is 254 g/mol. The van der Waals surface area contributed by atoms with Crippen LogP contribution in [0.5, 0.6) is 5.75 Å². The van der Waals surface area contributed by atoms with Crippen LogP contribution in [0.4, 0.5) is 0 Å². The lowest BCUT2D eigenvalue weighted by molar-refractivity contribution is 0.103. The van der Waals surface area contributed by atoms with Gasteiger partial charge < -0.3 is 9.15 Å². The monoisotopic (exact) mass is 267 g/mol. The zero-order chi connectivity index (χ0) is 13.9. The molecule has 4 heteroatoms. The van der Waals surface area contributed by atoms with E-state index in [1.807, 2.05) is 18.2 Å². The van der Waals surface area contributed by atoms with Crippen molar-refractivity contribution < 1.29 is 13.9 Å². The van der Waals surface area contributed by atoms with Gasteiger partial charge in [0.15, 0.2) is 5.78 Å². The molecule has 1 aromatic heterocycles. The average molecular weight is 267 g/mol. The zero-order valence-corrected chi connectivity index (χ0v) is 10.7. The van der Waals surface area contributed by atoms with Crippen molar-refractivity contribution in [2.75, 3.05) is 6.73 Å². The largest absolute Gasteiger partial charge is 0.479 e. The van der Waals surface area contributed by atoms with Crippen LogP contribution in [0.1, 0.15) is 15.9 Å². The fraction of sp³-hybridized carbons (Fsp3) is 0.0625. The Morgan fingerprint density at radius 3 is 2.70 bits per heavy atom. The highest BCUT2D eigenvalue weighted by molar-refractivity contribution is 6.15. The Morgan fingerprint density at radius 1 is 1.15 bits per heavy atom. The second-order valence-electron chi connectivity index (χ2n) is 4.31. The van der Waals surface area contributed by atoms with Crippen molar-refractivity contribution in [3.05, 3.63) is 65.9 Å². The lowest BCUT2D eigenvalue weighted by Gasteiger charge is -2.03. The van der Waals surface area contributed by atoms with Crippen LogP contribution in [0.2, 0.25) is 0 Å². The van der Waals surface area contributed by atoms with Gasteiger partial charge in [-0.1, -0.05) is 30.3 Å². The maximum absolute atomic E-state index is 12.5. The zero-order valence-electron chi connectivity index (χ0n) is 10.7. The van der Waals surface area contributed by atoms with Crippen molar-refractivity contribution in [3.63, 3.8) is 0 Å². The normalized spacial score (nSPS) is 10.7. The lowest BCUT2D eigenvalue weighted by Crippen LogP contribution is -2.07. The molecule has 0 aliphatic rings. The highest BCUT2D eigenvalue weighted by Gasteiger charge is 2.16. The SMILES string of the molecule is NCOc1ccc2occ(C(=O)c3ccccc3)c2c1. The van der Waals surface area contributed by atoms with Crippen molar-refractivity contribution >= 4 is 16.8 Å². The summed E-state index contributed by atoms with van der Waals surface area (Å²) < 4.78 is 10.7. The number of rotatable bonds is 4. The summed E-state index contributed by atoms with van der Waals surface area (Å²) in [6.45, 7) is 0.0886. The molecule has 20 heavy (non-hydrogen) atoms. The number of hydrogen-bond donors (Lipinski definition) is 1. The van der Waals surface area contributed by atoms with E-state index in [1.165, 1.54) is 6.26 Å². The predicted molar refractivity (Wildman–Crippen MR) is 75.8 cm³/mol. The summed E-state index contributed by atoms with van der Waals surface area (Å²) in [5, 5.41) is 0.727. The van der Waals surface area contributed by atoms with Gasteiger partial charge in [-0.3, -0.25) is 10.5 Å².